The van der Waals surface area contributed by atoms with E-state index in [1.165, 1.54) is 26.1 Å². The summed E-state index contributed by atoms with van der Waals surface area (Å²) in [7, 11) is 4.28. The first kappa shape index (κ1) is 16.2. The number of fused-ring (bicyclic) bond motifs is 1. The fourth-order valence-electron chi connectivity index (χ4n) is 3.04. The first-order chi connectivity index (χ1) is 11.1. The van der Waals surface area contributed by atoms with Crippen LogP contribution in [0.1, 0.15) is 34.5 Å². The molecule has 0 aliphatic rings. The second kappa shape index (κ2) is 6.81. The summed E-state index contributed by atoms with van der Waals surface area (Å²) in [6.45, 7) is 5.52. The van der Waals surface area contributed by atoms with Crippen LogP contribution in [-0.2, 0) is 6.42 Å². The highest BCUT2D eigenvalue weighted by Gasteiger charge is 2.20. The zero-order valence-corrected chi connectivity index (χ0v) is 15.2. The Morgan fingerprint density at radius 3 is 2.70 bits per heavy atom. The molecule has 23 heavy (non-hydrogen) atoms. The molecule has 0 bridgehead atoms. The molecule has 0 saturated carbocycles. The van der Waals surface area contributed by atoms with Crippen molar-refractivity contribution in [1.29, 1.82) is 0 Å². The van der Waals surface area contributed by atoms with Crippen molar-refractivity contribution in [1.82, 2.24) is 9.88 Å². The number of nitrogens with zero attached hydrogens (tertiary/aromatic N) is 2. The van der Waals surface area contributed by atoms with Crippen molar-refractivity contribution >= 4 is 21.4 Å². The highest BCUT2D eigenvalue weighted by atomic mass is 32.1. The molecule has 3 rings (SSSR count). The van der Waals surface area contributed by atoms with Crippen molar-refractivity contribution in [2.45, 2.75) is 26.2 Å². The third-order valence-corrected chi connectivity index (χ3v) is 5.54. The van der Waals surface area contributed by atoms with E-state index in [0.29, 0.717) is 5.92 Å². The fourth-order valence-corrected chi connectivity index (χ4v) is 4.43. The van der Waals surface area contributed by atoms with Crippen LogP contribution in [0.2, 0.25) is 0 Å². The maximum absolute atomic E-state index is 4.59. The second-order valence-corrected chi connectivity index (χ2v) is 7.60. The number of hydrogen-bond acceptors (Lipinski definition) is 3. The molecule has 120 valence electrons. The lowest BCUT2D eigenvalue weighted by molar-refractivity contribution is 0.414. The highest BCUT2D eigenvalue weighted by Crippen LogP contribution is 2.39. The summed E-state index contributed by atoms with van der Waals surface area (Å²) in [5.74, 6) is 0.324. The molecule has 2 heterocycles. The Morgan fingerprint density at radius 1 is 1.17 bits per heavy atom. The van der Waals surface area contributed by atoms with E-state index in [9.17, 15) is 0 Å². The molecule has 3 heteroatoms. The van der Waals surface area contributed by atoms with E-state index in [1.807, 2.05) is 23.6 Å². The Hall–Kier alpha value is -1.71. The molecule has 0 saturated heterocycles. The van der Waals surface area contributed by atoms with Gasteiger partial charge in [0.2, 0.25) is 0 Å². The van der Waals surface area contributed by atoms with Gasteiger partial charge >= 0.3 is 0 Å². The Balaban J connectivity index is 2.10. The summed E-state index contributed by atoms with van der Waals surface area (Å²) in [6, 6.07) is 13.0. The summed E-state index contributed by atoms with van der Waals surface area (Å²) in [4.78, 5) is 8.34. The van der Waals surface area contributed by atoms with Crippen molar-refractivity contribution in [3.8, 4) is 0 Å². The largest absolute Gasteiger partial charge is 0.309 e. The monoisotopic (exact) mass is 324 g/mol. The number of likely N-dealkylation sites (N-methyl/N-ethyl adjacent to an activating group) is 1. The first-order valence-electron chi connectivity index (χ1n) is 8.14. The molecule has 1 atom stereocenters. The number of benzene rings is 1. The van der Waals surface area contributed by atoms with Crippen LogP contribution in [0.25, 0.3) is 10.1 Å². The van der Waals surface area contributed by atoms with E-state index in [1.54, 1.807) is 0 Å². The van der Waals surface area contributed by atoms with Crippen LogP contribution in [0.3, 0.4) is 0 Å². The van der Waals surface area contributed by atoms with Crippen molar-refractivity contribution < 1.29 is 0 Å². The van der Waals surface area contributed by atoms with Gasteiger partial charge in [-0.05, 0) is 62.2 Å². The normalized spacial score (nSPS) is 12.9. The Labute approximate surface area is 142 Å². The zero-order chi connectivity index (χ0) is 16.4. The van der Waals surface area contributed by atoms with Crippen molar-refractivity contribution in [3.05, 3.63) is 64.3 Å². The smallest absolute Gasteiger partial charge is 0.0476 e. The molecule has 0 radical (unpaired) electrons. The molecule has 0 spiro atoms. The number of rotatable bonds is 5. The standard InChI is InChI=1S/C20H24N2S/c1-14-8-9-16-19(13-14)23-18(10-12-22(3)4)20(16)15(2)17-7-5-6-11-21-17/h5-9,11,13,15H,10,12H2,1-4H3. The average molecular weight is 324 g/mol. The van der Waals surface area contributed by atoms with Gasteiger partial charge in [-0.3, -0.25) is 4.98 Å². The van der Waals surface area contributed by atoms with Crippen LogP contribution in [-0.4, -0.2) is 30.5 Å². The summed E-state index contributed by atoms with van der Waals surface area (Å²) < 4.78 is 1.40. The SMILES string of the molecule is Cc1ccc2c(C(C)c3ccccn3)c(CCN(C)C)sc2c1. The summed E-state index contributed by atoms with van der Waals surface area (Å²) in [5, 5.41) is 1.40. The Bertz CT molecular complexity index is 790. The predicted octanol–water partition coefficient (Wildman–Crippen LogP) is 4.86. The average Bonchev–Trinajstić information content (AvgIpc) is 2.90. The van der Waals surface area contributed by atoms with Crippen LogP contribution < -0.4 is 0 Å². The van der Waals surface area contributed by atoms with Crippen LogP contribution in [0.5, 0.6) is 0 Å². The fraction of sp³-hybridized carbons (Fsp3) is 0.350. The summed E-state index contributed by atoms with van der Waals surface area (Å²) >= 11 is 1.95. The van der Waals surface area contributed by atoms with E-state index < -0.39 is 0 Å². The van der Waals surface area contributed by atoms with Gasteiger partial charge in [0.05, 0.1) is 0 Å². The maximum atomic E-state index is 4.59. The Kier molecular flexibility index (Phi) is 4.79. The molecule has 0 fully saturated rings. The van der Waals surface area contributed by atoms with Crippen LogP contribution >= 0.6 is 11.3 Å². The molecule has 3 aromatic rings. The van der Waals surface area contributed by atoms with Crippen molar-refractivity contribution in [2.75, 3.05) is 20.6 Å². The molecule has 2 nitrogen and oxygen atoms in total. The van der Waals surface area contributed by atoms with E-state index >= 15 is 0 Å². The molecule has 0 aliphatic heterocycles. The lowest BCUT2D eigenvalue weighted by Gasteiger charge is -2.15. The van der Waals surface area contributed by atoms with E-state index in [0.717, 1.165) is 18.7 Å². The van der Waals surface area contributed by atoms with Crippen LogP contribution in [0.15, 0.2) is 42.6 Å². The molecule has 1 aromatic carbocycles. The molecule has 0 N–H and O–H groups in total. The number of aryl methyl sites for hydroxylation is 1. The maximum Gasteiger partial charge on any atom is 0.0476 e. The molecular weight excluding hydrogens is 300 g/mol. The van der Waals surface area contributed by atoms with Gasteiger partial charge in [-0.25, -0.2) is 0 Å². The quantitative estimate of drug-likeness (QED) is 0.666. The van der Waals surface area contributed by atoms with Gasteiger partial charge in [0.15, 0.2) is 0 Å². The highest BCUT2D eigenvalue weighted by molar-refractivity contribution is 7.19. The third-order valence-electron chi connectivity index (χ3n) is 4.31. The van der Waals surface area contributed by atoms with Gasteiger partial charge in [-0.15, -0.1) is 11.3 Å². The van der Waals surface area contributed by atoms with Gasteiger partial charge in [-0.2, -0.15) is 0 Å². The minimum Gasteiger partial charge on any atom is -0.309 e. The Morgan fingerprint density at radius 2 is 2.00 bits per heavy atom. The van der Waals surface area contributed by atoms with Gasteiger partial charge in [0.25, 0.3) is 0 Å². The van der Waals surface area contributed by atoms with Crippen molar-refractivity contribution in [2.24, 2.45) is 0 Å². The summed E-state index contributed by atoms with van der Waals surface area (Å²) in [5.41, 5.74) is 3.94. The minimum absolute atomic E-state index is 0.324. The molecule has 2 aromatic heterocycles. The van der Waals surface area contributed by atoms with Crippen LogP contribution in [0, 0.1) is 6.92 Å². The van der Waals surface area contributed by atoms with E-state index in [4.69, 9.17) is 0 Å². The second-order valence-electron chi connectivity index (χ2n) is 6.47. The van der Waals surface area contributed by atoms with Crippen LogP contribution in [0.4, 0.5) is 0 Å². The lowest BCUT2D eigenvalue weighted by Crippen LogP contribution is -2.15. The number of thiophene rings is 1. The molecule has 0 aliphatic carbocycles. The topological polar surface area (TPSA) is 16.1 Å². The van der Waals surface area contributed by atoms with Crippen molar-refractivity contribution in [3.63, 3.8) is 0 Å². The molecule has 1 unspecified atom stereocenters. The van der Waals surface area contributed by atoms with E-state index in [-0.39, 0.29) is 0 Å². The zero-order valence-electron chi connectivity index (χ0n) is 14.3. The first-order valence-corrected chi connectivity index (χ1v) is 8.95. The van der Waals surface area contributed by atoms with E-state index in [2.05, 4.69) is 68.2 Å². The van der Waals surface area contributed by atoms with Gasteiger partial charge < -0.3 is 4.90 Å². The lowest BCUT2D eigenvalue weighted by atomic mass is 9.93. The van der Waals surface area contributed by atoms with Gasteiger partial charge in [0, 0.05) is 33.9 Å². The predicted molar refractivity (Wildman–Crippen MR) is 101 cm³/mol. The summed E-state index contributed by atoms with van der Waals surface area (Å²) in [6.07, 6.45) is 2.99. The molecular formula is C20H24N2S. The number of pyridine rings is 1. The third kappa shape index (κ3) is 3.46. The number of hydrogen-bond donors (Lipinski definition) is 0. The van der Waals surface area contributed by atoms with Gasteiger partial charge in [0.1, 0.15) is 0 Å². The van der Waals surface area contributed by atoms with Gasteiger partial charge in [-0.1, -0.05) is 25.1 Å². The molecule has 0 amide bonds. The number of aromatic nitrogens is 1. The minimum atomic E-state index is 0.324.